The van der Waals surface area contributed by atoms with Crippen molar-refractivity contribution in [1.82, 2.24) is 24.3 Å². The van der Waals surface area contributed by atoms with E-state index in [1.54, 1.807) is 24.5 Å². The number of amides is 1. The van der Waals surface area contributed by atoms with E-state index in [2.05, 4.69) is 19.9 Å². The van der Waals surface area contributed by atoms with Gasteiger partial charge in [0.05, 0.1) is 5.69 Å². The molecule has 1 fully saturated rings. The number of anilines is 1. The van der Waals surface area contributed by atoms with Gasteiger partial charge in [-0.3, -0.25) is 4.79 Å². The van der Waals surface area contributed by atoms with Gasteiger partial charge in [-0.05, 0) is 42.0 Å². The Labute approximate surface area is 191 Å². The highest BCUT2D eigenvalue weighted by atomic mass is 16.5. The molecule has 1 aromatic carbocycles. The smallest absolute Gasteiger partial charge is 0.246 e. The average Bonchev–Trinajstić information content (AvgIpc) is 3.30. The molecule has 0 N–H and O–H groups in total. The summed E-state index contributed by atoms with van der Waals surface area (Å²) in [6.45, 7) is 3.15. The lowest BCUT2D eigenvalue weighted by Crippen LogP contribution is -2.48. The van der Waals surface area contributed by atoms with Crippen LogP contribution in [0.5, 0.6) is 5.75 Å². The second-order valence-electron chi connectivity index (χ2n) is 7.75. The molecular formula is C25H24N6O2. The summed E-state index contributed by atoms with van der Waals surface area (Å²) in [5.41, 5.74) is 2.71. The fourth-order valence-electron chi connectivity index (χ4n) is 3.74. The monoisotopic (exact) mass is 440 g/mol. The van der Waals surface area contributed by atoms with Gasteiger partial charge >= 0.3 is 0 Å². The van der Waals surface area contributed by atoms with E-state index in [9.17, 15) is 4.79 Å². The van der Waals surface area contributed by atoms with Crippen molar-refractivity contribution in [3.63, 3.8) is 0 Å². The number of aromatic nitrogens is 4. The van der Waals surface area contributed by atoms with Gasteiger partial charge in [-0.25, -0.2) is 15.0 Å². The third kappa shape index (κ3) is 5.01. The minimum Gasteiger partial charge on any atom is -0.487 e. The molecule has 0 radical (unpaired) electrons. The molecule has 5 rings (SSSR count). The van der Waals surface area contributed by atoms with Gasteiger partial charge in [0.2, 0.25) is 11.9 Å². The highest BCUT2D eigenvalue weighted by Crippen LogP contribution is 2.16. The molecule has 166 valence electrons. The van der Waals surface area contributed by atoms with Crippen molar-refractivity contribution < 1.29 is 9.53 Å². The van der Waals surface area contributed by atoms with Crippen molar-refractivity contribution in [2.75, 3.05) is 31.1 Å². The van der Waals surface area contributed by atoms with Gasteiger partial charge in [-0.2, -0.15) is 0 Å². The number of rotatable bonds is 6. The fraction of sp³-hybridized carbons (Fsp3) is 0.200. The molecule has 1 aliphatic heterocycles. The Balaban J connectivity index is 1.11. The van der Waals surface area contributed by atoms with Crippen molar-refractivity contribution in [2.45, 2.75) is 6.61 Å². The summed E-state index contributed by atoms with van der Waals surface area (Å²) in [5.74, 6) is 1.48. The van der Waals surface area contributed by atoms with Crippen LogP contribution in [0.3, 0.4) is 0 Å². The molecule has 4 heterocycles. The Hall–Kier alpha value is -4.20. The number of carbonyl (C=O) groups excluding carboxylic acids is 1. The third-order valence-electron chi connectivity index (χ3n) is 5.53. The van der Waals surface area contributed by atoms with Crippen molar-refractivity contribution in [3.05, 3.63) is 90.7 Å². The Morgan fingerprint density at radius 1 is 0.970 bits per heavy atom. The first-order valence-corrected chi connectivity index (χ1v) is 10.9. The van der Waals surface area contributed by atoms with E-state index in [-0.39, 0.29) is 5.91 Å². The molecule has 8 nitrogen and oxygen atoms in total. The first-order valence-electron chi connectivity index (χ1n) is 10.9. The lowest BCUT2D eigenvalue weighted by atomic mass is 10.2. The second-order valence-corrected chi connectivity index (χ2v) is 7.75. The van der Waals surface area contributed by atoms with Gasteiger partial charge in [-0.1, -0.05) is 18.2 Å². The lowest BCUT2D eigenvalue weighted by Gasteiger charge is -2.34. The van der Waals surface area contributed by atoms with Crippen LogP contribution < -0.4 is 9.64 Å². The molecule has 0 unspecified atom stereocenters. The SMILES string of the molecule is O=C(C=Cc1ccc(OCc2cn3ccccc3n2)cc1)N1CCN(c2ncccn2)CC1. The van der Waals surface area contributed by atoms with Crippen molar-refractivity contribution >= 4 is 23.6 Å². The molecule has 1 saturated heterocycles. The van der Waals surface area contributed by atoms with Gasteiger partial charge in [-0.15, -0.1) is 0 Å². The zero-order valence-electron chi connectivity index (χ0n) is 18.1. The zero-order chi connectivity index (χ0) is 22.5. The van der Waals surface area contributed by atoms with Crippen LogP contribution in [-0.4, -0.2) is 56.3 Å². The van der Waals surface area contributed by atoms with Gasteiger partial charge in [0.1, 0.15) is 18.0 Å². The quantitative estimate of drug-likeness (QED) is 0.429. The van der Waals surface area contributed by atoms with Crippen LogP contribution in [0.4, 0.5) is 5.95 Å². The van der Waals surface area contributed by atoms with E-state index in [1.165, 1.54) is 0 Å². The minimum absolute atomic E-state index is 0.0100. The van der Waals surface area contributed by atoms with Gasteiger partial charge < -0.3 is 18.9 Å². The van der Waals surface area contributed by atoms with E-state index < -0.39 is 0 Å². The molecule has 33 heavy (non-hydrogen) atoms. The highest BCUT2D eigenvalue weighted by molar-refractivity contribution is 5.92. The summed E-state index contributed by atoms with van der Waals surface area (Å²) in [5, 5.41) is 0. The summed E-state index contributed by atoms with van der Waals surface area (Å²) >= 11 is 0. The first kappa shape index (κ1) is 20.7. The van der Waals surface area contributed by atoms with Crippen LogP contribution in [0.15, 0.2) is 79.4 Å². The molecule has 4 aromatic rings. The number of hydrogen-bond acceptors (Lipinski definition) is 6. The maximum atomic E-state index is 12.6. The Bertz CT molecular complexity index is 1210. The van der Waals surface area contributed by atoms with Gasteiger partial charge in [0.15, 0.2) is 0 Å². The molecule has 0 atom stereocenters. The molecule has 0 saturated carbocycles. The van der Waals surface area contributed by atoms with Crippen molar-refractivity contribution in [1.29, 1.82) is 0 Å². The zero-order valence-corrected chi connectivity index (χ0v) is 18.1. The van der Waals surface area contributed by atoms with Crippen LogP contribution >= 0.6 is 0 Å². The van der Waals surface area contributed by atoms with E-state index in [0.29, 0.717) is 25.6 Å². The third-order valence-corrected chi connectivity index (χ3v) is 5.53. The van der Waals surface area contributed by atoms with Crippen LogP contribution in [0.1, 0.15) is 11.3 Å². The number of pyridine rings is 1. The Kier molecular flexibility index (Phi) is 5.97. The summed E-state index contributed by atoms with van der Waals surface area (Å²) < 4.78 is 7.83. The molecule has 8 heteroatoms. The average molecular weight is 441 g/mol. The van der Waals surface area contributed by atoms with E-state index in [0.717, 1.165) is 35.7 Å². The number of nitrogens with zero attached hydrogens (tertiary/aromatic N) is 6. The molecule has 0 bridgehead atoms. The molecule has 1 amide bonds. The number of benzene rings is 1. The van der Waals surface area contributed by atoms with Gasteiger partial charge in [0, 0.05) is 57.0 Å². The standard InChI is InChI=1S/C25H24N6O2/c32-24(29-14-16-30(17-15-29)25-26-11-3-12-27-25)10-7-20-5-8-22(9-6-20)33-19-21-18-31-13-2-1-4-23(31)28-21/h1-13,18H,14-17,19H2. The number of carbonyl (C=O) groups is 1. The molecule has 0 spiro atoms. The van der Waals surface area contributed by atoms with E-state index in [4.69, 9.17) is 4.74 Å². The highest BCUT2D eigenvalue weighted by Gasteiger charge is 2.20. The van der Waals surface area contributed by atoms with Gasteiger partial charge in [0.25, 0.3) is 0 Å². The molecule has 0 aliphatic carbocycles. The molecule has 1 aliphatic rings. The van der Waals surface area contributed by atoms with Crippen LogP contribution in [-0.2, 0) is 11.4 Å². The lowest BCUT2D eigenvalue weighted by molar-refractivity contribution is -0.126. The summed E-state index contributed by atoms with van der Waals surface area (Å²) in [6, 6.07) is 15.4. The predicted octanol–water partition coefficient (Wildman–Crippen LogP) is 3.07. The number of ether oxygens (including phenoxy) is 1. The fourth-order valence-corrected chi connectivity index (χ4v) is 3.74. The minimum atomic E-state index is 0.0100. The number of imidazole rings is 1. The number of hydrogen-bond donors (Lipinski definition) is 0. The van der Waals surface area contributed by atoms with Crippen LogP contribution in [0.2, 0.25) is 0 Å². The topological polar surface area (TPSA) is 75.9 Å². The van der Waals surface area contributed by atoms with Crippen LogP contribution in [0, 0.1) is 0 Å². The van der Waals surface area contributed by atoms with E-state index >= 15 is 0 Å². The van der Waals surface area contributed by atoms with Crippen molar-refractivity contribution in [2.24, 2.45) is 0 Å². The van der Waals surface area contributed by atoms with Crippen LogP contribution in [0.25, 0.3) is 11.7 Å². The summed E-state index contributed by atoms with van der Waals surface area (Å²) in [6.07, 6.45) is 10.9. The number of piperazine rings is 1. The first-order chi connectivity index (χ1) is 16.2. The predicted molar refractivity (Wildman–Crippen MR) is 126 cm³/mol. The van der Waals surface area contributed by atoms with Crippen molar-refractivity contribution in [3.8, 4) is 5.75 Å². The van der Waals surface area contributed by atoms with E-state index in [1.807, 2.05) is 70.2 Å². The largest absolute Gasteiger partial charge is 0.487 e. The molecular weight excluding hydrogens is 416 g/mol. The maximum Gasteiger partial charge on any atom is 0.246 e. The Morgan fingerprint density at radius 2 is 1.76 bits per heavy atom. The normalized spacial score (nSPS) is 14.2. The Morgan fingerprint density at radius 3 is 2.52 bits per heavy atom. The maximum absolute atomic E-state index is 12.6. The summed E-state index contributed by atoms with van der Waals surface area (Å²) in [7, 11) is 0. The second kappa shape index (κ2) is 9.52. The summed E-state index contributed by atoms with van der Waals surface area (Å²) in [4.78, 5) is 29.6. The molecule has 3 aromatic heterocycles. The number of fused-ring (bicyclic) bond motifs is 1.